The zero-order valence-electron chi connectivity index (χ0n) is 12.2. The third kappa shape index (κ3) is 5.61. The lowest BCUT2D eigenvalue weighted by Crippen LogP contribution is -2.26. The van der Waals surface area contributed by atoms with Crippen LogP contribution in [0.4, 0.5) is 5.69 Å². The van der Waals surface area contributed by atoms with Gasteiger partial charge in [-0.15, -0.1) is 0 Å². The van der Waals surface area contributed by atoms with Crippen LogP contribution in [0.1, 0.15) is 31.4 Å². The van der Waals surface area contributed by atoms with E-state index in [0.29, 0.717) is 24.7 Å². The summed E-state index contributed by atoms with van der Waals surface area (Å²) in [6.45, 7) is 8.70. The van der Waals surface area contributed by atoms with Gasteiger partial charge in [0.25, 0.3) is 0 Å². The van der Waals surface area contributed by atoms with E-state index in [1.54, 1.807) is 6.07 Å². The maximum Gasteiger partial charge on any atom is 0.232 e. The Morgan fingerprint density at radius 1 is 1.21 bits per heavy atom. The van der Waals surface area contributed by atoms with Crippen molar-refractivity contribution in [2.24, 2.45) is 0 Å². The van der Waals surface area contributed by atoms with Crippen LogP contribution in [0.5, 0.6) is 0 Å². The number of sulfonamides is 1. The molecule has 0 aromatic heterocycles. The van der Waals surface area contributed by atoms with Crippen molar-refractivity contribution in [3.05, 3.63) is 29.3 Å². The normalized spacial score (nSPS) is 11.8. The monoisotopic (exact) mass is 284 g/mol. The predicted octanol–water partition coefficient (Wildman–Crippen LogP) is 2.43. The van der Waals surface area contributed by atoms with Gasteiger partial charge in [-0.25, -0.2) is 8.42 Å². The van der Waals surface area contributed by atoms with Crippen molar-refractivity contribution in [1.82, 2.24) is 5.32 Å². The van der Waals surface area contributed by atoms with Crippen LogP contribution in [-0.2, 0) is 10.0 Å². The van der Waals surface area contributed by atoms with E-state index in [0.717, 1.165) is 11.1 Å². The second kappa shape index (κ2) is 6.91. The molecule has 0 fully saturated rings. The van der Waals surface area contributed by atoms with Crippen molar-refractivity contribution in [1.29, 1.82) is 0 Å². The molecule has 0 bridgehead atoms. The lowest BCUT2D eigenvalue weighted by atomic mass is 10.1. The predicted molar refractivity (Wildman–Crippen MR) is 81.1 cm³/mol. The highest BCUT2D eigenvalue weighted by Gasteiger charge is 2.12. The van der Waals surface area contributed by atoms with E-state index in [-0.39, 0.29) is 5.75 Å². The molecular weight excluding hydrogens is 260 g/mol. The van der Waals surface area contributed by atoms with Crippen LogP contribution < -0.4 is 10.0 Å². The highest BCUT2D eigenvalue weighted by atomic mass is 32.2. The lowest BCUT2D eigenvalue weighted by Gasteiger charge is -2.12. The van der Waals surface area contributed by atoms with Crippen LogP contribution in [-0.4, -0.2) is 26.8 Å². The molecule has 0 aliphatic carbocycles. The van der Waals surface area contributed by atoms with E-state index >= 15 is 0 Å². The fourth-order valence-electron chi connectivity index (χ4n) is 1.73. The van der Waals surface area contributed by atoms with Crippen molar-refractivity contribution < 1.29 is 8.42 Å². The molecule has 0 aliphatic rings. The molecule has 1 aromatic rings. The maximum atomic E-state index is 12.0. The fourth-order valence-corrected chi connectivity index (χ4v) is 2.92. The van der Waals surface area contributed by atoms with Gasteiger partial charge >= 0.3 is 0 Å². The van der Waals surface area contributed by atoms with Crippen LogP contribution in [0.2, 0.25) is 0 Å². The molecule has 19 heavy (non-hydrogen) atoms. The number of hydrogen-bond donors (Lipinski definition) is 2. The van der Waals surface area contributed by atoms with Gasteiger partial charge < -0.3 is 5.32 Å². The average molecular weight is 284 g/mol. The molecule has 5 heteroatoms. The number of hydrogen-bond acceptors (Lipinski definition) is 3. The Labute approximate surface area is 116 Å². The summed E-state index contributed by atoms with van der Waals surface area (Å²) >= 11 is 0. The molecular formula is C14H24N2O2S. The third-order valence-corrected chi connectivity index (χ3v) is 4.37. The molecule has 0 heterocycles. The largest absolute Gasteiger partial charge is 0.314 e. The topological polar surface area (TPSA) is 58.2 Å². The molecule has 0 unspecified atom stereocenters. The quantitative estimate of drug-likeness (QED) is 0.756. The molecule has 108 valence electrons. The molecule has 0 spiro atoms. The summed E-state index contributed by atoms with van der Waals surface area (Å²) in [6.07, 6.45) is 0.610. The summed E-state index contributed by atoms with van der Waals surface area (Å²) in [4.78, 5) is 0. The van der Waals surface area contributed by atoms with E-state index in [1.807, 2.05) is 39.8 Å². The highest BCUT2D eigenvalue weighted by Crippen LogP contribution is 2.19. The molecule has 2 N–H and O–H groups in total. The number of rotatable bonds is 7. The minimum Gasteiger partial charge on any atom is -0.314 e. The summed E-state index contributed by atoms with van der Waals surface area (Å²) in [5.41, 5.74) is 2.74. The SMILES string of the molecule is Cc1cccc(NS(=O)(=O)CCCNC(C)C)c1C. The van der Waals surface area contributed by atoms with Crippen LogP contribution >= 0.6 is 0 Å². The molecule has 0 radical (unpaired) electrons. The van der Waals surface area contributed by atoms with E-state index in [4.69, 9.17) is 0 Å². The Morgan fingerprint density at radius 2 is 1.89 bits per heavy atom. The Hall–Kier alpha value is -1.07. The van der Waals surface area contributed by atoms with Crippen molar-refractivity contribution in [3.63, 3.8) is 0 Å². The number of aryl methyl sites for hydroxylation is 1. The van der Waals surface area contributed by atoms with E-state index in [1.165, 1.54) is 0 Å². The Balaban J connectivity index is 2.57. The van der Waals surface area contributed by atoms with Crippen molar-refractivity contribution in [3.8, 4) is 0 Å². The van der Waals surface area contributed by atoms with Crippen molar-refractivity contribution >= 4 is 15.7 Å². The number of nitrogens with one attached hydrogen (secondary N) is 2. The van der Waals surface area contributed by atoms with E-state index in [9.17, 15) is 8.42 Å². The zero-order chi connectivity index (χ0) is 14.5. The second-order valence-corrected chi connectivity index (χ2v) is 6.97. The average Bonchev–Trinajstić information content (AvgIpc) is 2.30. The molecule has 0 atom stereocenters. The summed E-state index contributed by atoms with van der Waals surface area (Å²) in [5, 5.41) is 3.21. The first kappa shape index (κ1) is 16.0. The van der Waals surface area contributed by atoms with Gasteiger partial charge in [-0.3, -0.25) is 4.72 Å². The van der Waals surface area contributed by atoms with E-state index in [2.05, 4.69) is 10.0 Å². The fraction of sp³-hybridized carbons (Fsp3) is 0.571. The Bertz CT molecular complexity index is 510. The van der Waals surface area contributed by atoms with Crippen molar-refractivity contribution in [2.75, 3.05) is 17.0 Å². The minimum absolute atomic E-state index is 0.139. The lowest BCUT2D eigenvalue weighted by molar-refractivity contribution is 0.571. The summed E-state index contributed by atoms with van der Waals surface area (Å²) in [7, 11) is -3.26. The van der Waals surface area contributed by atoms with Crippen LogP contribution in [0, 0.1) is 13.8 Å². The van der Waals surface area contributed by atoms with Gasteiger partial charge in [0.05, 0.1) is 11.4 Å². The van der Waals surface area contributed by atoms with Crippen LogP contribution in [0.15, 0.2) is 18.2 Å². The standard InChI is InChI=1S/C14H24N2O2S/c1-11(2)15-9-6-10-19(17,18)16-14-8-5-7-12(3)13(14)4/h5,7-8,11,15-16H,6,9-10H2,1-4H3. The second-order valence-electron chi connectivity index (χ2n) is 5.13. The summed E-state index contributed by atoms with van der Waals surface area (Å²) in [5.74, 6) is 0.139. The van der Waals surface area contributed by atoms with Crippen molar-refractivity contribution in [2.45, 2.75) is 40.2 Å². The van der Waals surface area contributed by atoms with Gasteiger partial charge in [0.2, 0.25) is 10.0 Å². The molecule has 0 aliphatic heterocycles. The minimum atomic E-state index is -3.26. The molecule has 4 nitrogen and oxygen atoms in total. The van der Waals surface area contributed by atoms with Crippen LogP contribution in [0.25, 0.3) is 0 Å². The first-order valence-corrected chi connectivity index (χ1v) is 8.27. The highest BCUT2D eigenvalue weighted by molar-refractivity contribution is 7.92. The molecule has 0 amide bonds. The zero-order valence-corrected chi connectivity index (χ0v) is 13.0. The maximum absolute atomic E-state index is 12.0. The summed E-state index contributed by atoms with van der Waals surface area (Å²) < 4.78 is 26.6. The van der Waals surface area contributed by atoms with Gasteiger partial charge in [0, 0.05) is 6.04 Å². The molecule has 1 aromatic carbocycles. The number of benzene rings is 1. The first-order chi connectivity index (χ1) is 8.82. The van der Waals surface area contributed by atoms with Gasteiger partial charge in [-0.05, 0) is 44.0 Å². The number of anilines is 1. The molecule has 1 rings (SSSR count). The Kier molecular flexibility index (Phi) is 5.82. The van der Waals surface area contributed by atoms with Crippen LogP contribution in [0.3, 0.4) is 0 Å². The summed E-state index contributed by atoms with van der Waals surface area (Å²) in [6, 6.07) is 6.02. The molecule has 0 saturated heterocycles. The van der Waals surface area contributed by atoms with Gasteiger partial charge in [0.1, 0.15) is 0 Å². The first-order valence-electron chi connectivity index (χ1n) is 6.62. The van der Waals surface area contributed by atoms with Gasteiger partial charge in [-0.1, -0.05) is 26.0 Å². The smallest absolute Gasteiger partial charge is 0.232 e. The van der Waals surface area contributed by atoms with E-state index < -0.39 is 10.0 Å². The third-order valence-electron chi connectivity index (χ3n) is 3.01. The molecule has 0 saturated carbocycles. The van der Waals surface area contributed by atoms with Gasteiger partial charge in [0.15, 0.2) is 0 Å². The van der Waals surface area contributed by atoms with Gasteiger partial charge in [-0.2, -0.15) is 0 Å². The Morgan fingerprint density at radius 3 is 2.53 bits per heavy atom.